The molecule has 0 radical (unpaired) electrons. The van der Waals surface area contributed by atoms with Gasteiger partial charge in [-0.15, -0.1) is 0 Å². The van der Waals surface area contributed by atoms with Gasteiger partial charge in [-0.05, 0) is 19.3 Å². The maximum absolute atomic E-state index is 8.45. The second kappa shape index (κ2) is 2.68. The molecule has 6 heavy (non-hydrogen) atoms. The van der Waals surface area contributed by atoms with Crippen molar-refractivity contribution in [3.63, 3.8) is 0 Å². The van der Waals surface area contributed by atoms with E-state index in [9.17, 15) is 0 Å². The number of aliphatic hydroxyl groups is 1. The van der Waals surface area contributed by atoms with Gasteiger partial charge in [0.25, 0.3) is 0 Å². The average Bonchev–Trinajstić information content (AvgIpc) is 1.30. The summed E-state index contributed by atoms with van der Waals surface area (Å²) in [7, 11) is 0. The van der Waals surface area contributed by atoms with E-state index in [0.29, 0.717) is 0 Å². The summed E-state index contributed by atoms with van der Waals surface area (Å²) in [6.07, 6.45) is 3.39. The molecule has 1 saturated carbocycles. The number of hydrogen-bond acceptors (Lipinski definition) is 1. The van der Waals surface area contributed by atoms with Crippen LogP contribution in [0.1, 0.15) is 19.3 Å². The van der Waals surface area contributed by atoms with Crippen molar-refractivity contribution in [1.29, 1.82) is 0 Å². The monoisotopic (exact) mass is 79.1 g/mol. The van der Waals surface area contributed by atoms with Gasteiger partial charge in [0.15, 0.2) is 0 Å². The van der Waals surface area contributed by atoms with E-state index in [-0.39, 0.29) is 25.0 Å². The molecule has 1 rings (SSSR count). The van der Waals surface area contributed by atoms with Crippen LogP contribution in [-0.2, 0) is 0 Å². The first-order valence-corrected chi connectivity index (χ1v) is 2.07. The van der Waals surface area contributed by atoms with Crippen LogP contribution in [0, 0.1) is 0 Å². The minimum atomic E-state index is 0. The van der Waals surface area contributed by atoms with Gasteiger partial charge in [-0.3, -0.25) is 0 Å². The first kappa shape index (κ1) is 6.56. The second-order valence-electron chi connectivity index (χ2n) is 1.58. The van der Waals surface area contributed by atoms with Crippen LogP contribution in [0.3, 0.4) is 0 Å². The summed E-state index contributed by atoms with van der Waals surface area (Å²) in [6.45, 7) is 0. The summed E-state index contributed by atoms with van der Waals surface area (Å²) in [5, 5.41) is 8.45. The molecule has 1 aliphatic rings. The van der Waals surface area contributed by atoms with Gasteiger partial charge in [0.2, 0.25) is 0 Å². The molecule has 2 heteroatoms. The molecule has 0 heterocycles. The molecule has 0 aromatic rings. The Bertz CT molecular complexity index is 34.5. The fourth-order valence-corrected chi connectivity index (χ4v) is 0.387. The Kier molecular flexibility index (Phi) is 2.93. The predicted octanol–water partition coefficient (Wildman–Crippen LogP) is -2.46. The standard InChI is InChI=1S/C4H8O.Li/c5-4-2-1-3-4;/h4-5H,1-3H2;/q;+1. The van der Waals surface area contributed by atoms with E-state index in [2.05, 4.69) is 0 Å². The fourth-order valence-electron chi connectivity index (χ4n) is 0.387. The zero-order valence-corrected chi connectivity index (χ0v) is 4.15. The Labute approximate surface area is 49.9 Å². The van der Waals surface area contributed by atoms with Crippen molar-refractivity contribution in [1.82, 2.24) is 0 Å². The van der Waals surface area contributed by atoms with Crippen molar-refractivity contribution in [3.05, 3.63) is 0 Å². The molecule has 0 aliphatic heterocycles. The van der Waals surface area contributed by atoms with Gasteiger partial charge in [0, 0.05) is 0 Å². The van der Waals surface area contributed by atoms with Gasteiger partial charge < -0.3 is 5.11 Å². The molecular weight excluding hydrogens is 71.0 g/mol. The minimum Gasteiger partial charge on any atom is -0.393 e. The number of rotatable bonds is 0. The van der Waals surface area contributed by atoms with Crippen molar-refractivity contribution in [3.8, 4) is 0 Å². The number of aliphatic hydroxyl groups excluding tert-OH is 1. The molecule has 0 amide bonds. The van der Waals surface area contributed by atoms with Gasteiger partial charge in [-0.1, -0.05) is 0 Å². The van der Waals surface area contributed by atoms with E-state index in [1.54, 1.807) is 0 Å². The van der Waals surface area contributed by atoms with E-state index >= 15 is 0 Å². The van der Waals surface area contributed by atoms with Gasteiger partial charge in [0.05, 0.1) is 6.10 Å². The zero-order chi connectivity index (χ0) is 3.70. The van der Waals surface area contributed by atoms with Gasteiger partial charge >= 0.3 is 18.9 Å². The summed E-state index contributed by atoms with van der Waals surface area (Å²) in [5.41, 5.74) is 0. The molecule has 30 valence electrons. The molecule has 0 bridgehead atoms. The molecule has 1 nitrogen and oxygen atoms in total. The third kappa shape index (κ3) is 1.34. The quantitative estimate of drug-likeness (QED) is 0.319. The van der Waals surface area contributed by atoms with Crippen LogP contribution in [0.15, 0.2) is 0 Å². The maximum Gasteiger partial charge on any atom is 1.00 e. The van der Waals surface area contributed by atoms with Crippen molar-refractivity contribution in [2.45, 2.75) is 25.4 Å². The molecule has 1 aliphatic carbocycles. The first-order chi connectivity index (χ1) is 2.39. The number of hydrogen-bond donors (Lipinski definition) is 1. The summed E-state index contributed by atoms with van der Waals surface area (Å²) in [5.74, 6) is 0. The average molecular weight is 79.0 g/mol. The fraction of sp³-hybridized carbons (Fsp3) is 1.00. The van der Waals surface area contributed by atoms with Crippen LogP contribution in [0.2, 0.25) is 0 Å². The van der Waals surface area contributed by atoms with E-state index in [1.807, 2.05) is 0 Å². The van der Waals surface area contributed by atoms with Crippen molar-refractivity contribution in [2.24, 2.45) is 0 Å². The summed E-state index contributed by atoms with van der Waals surface area (Å²) >= 11 is 0. The predicted molar refractivity (Wildman–Crippen MR) is 19.9 cm³/mol. The molecule has 0 aromatic carbocycles. The molecule has 0 atom stereocenters. The van der Waals surface area contributed by atoms with Crippen LogP contribution >= 0.6 is 0 Å². The van der Waals surface area contributed by atoms with Gasteiger partial charge in [-0.2, -0.15) is 0 Å². The van der Waals surface area contributed by atoms with Crippen molar-refractivity contribution >= 4 is 0 Å². The smallest absolute Gasteiger partial charge is 0.393 e. The first-order valence-electron chi connectivity index (χ1n) is 2.07. The summed E-state index contributed by atoms with van der Waals surface area (Å²) < 4.78 is 0. The van der Waals surface area contributed by atoms with E-state index in [1.165, 1.54) is 6.42 Å². The Balaban J connectivity index is 0.000000250. The van der Waals surface area contributed by atoms with Gasteiger partial charge in [-0.25, -0.2) is 0 Å². The maximum atomic E-state index is 8.45. The third-order valence-corrected chi connectivity index (χ3v) is 1.07. The third-order valence-electron chi connectivity index (χ3n) is 1.07. The second-order valence-corrected chi connectivity index (χ2v) is 1.58. The zero-order valence-electron chi connectivity index (χ0n) is 4.15. The van der Waals surface area contributed by atoms with Crippen LogP contribution in [0.4, 0.5) is 0 Å². The van der Waals surface area contributed by atoms with Crippen LogP contribution < -0.4 is 18.9 Å². The Morgan fingerprint density at radius 2 is 1.67 bits per heavy atom. The normalized spacial score (nSPS) is 21.5. The molecule has 0 spiro atoms. The van der Waals surface area contributed by atoms with Crippen molar-refractivity contribution in [2.75, 3.05) is 0 Å². The van der Waals surface area contributed by atoms with E-state index in [0.717, 1.165) is 12.8 Å². The van der Waals surface area contributed by atoms with E-state index < -0.39 is 0 Å². The molecule has 1 fully saturated rings. The Morgan fingerprint density at radius 3 is 1.67 bits per heavy atom. The van der Waals surface area contributed by atoms with Crippen LogP contribution in [0.25, 0.3) is 0 Å². The SMILES string of the molecule is OC1CCC1.[Li+]. The minimum absolute atomic E-state index is 0. The van der Waals surface area contributed by atoms with Crippen molar-refractivity contribution < 1.29 is 24.0 Å². The molecule has 1 N–H and O–H groups in total. The largest absolute Gasteiger partial charge is 1.00 e. The summed E-state index contributed by atoms with van der Waals surface area (Å²) in [4.78, 5) is 0. The van der Waals surface area contributed by atoms with Gasteiger partial charge in [0.1, 0.15) is 0 Å². The molecular formula is C4H8LiO+. The van der Waals surface area contributed by atoms with E-state index in [4.69, 9.17) is 5.11 Å². The Hall–Kier alpha value is 0.557. The van der Waals surface area contributed by atoms with Crippen LogP contribution in [0.5, 0.6) is 0 Å². The molecule has 0 saturated heterocycles. The summed E-state index contributed by atoms with van der Waals surface area (Å²) in [6, 6.07) is 0. The van der Waals surface area contributed by atoms with Crippen LogP contribution in [-0.4, -0.2) is 11.2 Å². The molecule has 0 aromatic heterocycles. The Morgan fingerprint density at radius 1 is 1.33 bits per heavy atom. The topological polar surface area (TPSA) is 20.2 Å². The molecule has 0 unspecified atom stereocenters.